The van der Waals surface area contributed by atoms with Crippen LogP contribution in [-0.4, -0.2) is 43.5 Å². The highest BCUT2D eigenvalue weighted by atomic mass is 16.7. The highest BCUT2D eigenvalue weighted by Gasteiger charge is 2.21. The lowest BCUT2D eigenvalue weighted by molar-refractivity contribution is -0.126. The topological polar surface area (TPSA) is 106 Å². The van der Waals surface area contributed by atoms with Gasteiger partial charge in [0.05, 0.1) is 20.1 Å². The van der Waals surface area contributed by atoms with Crippen molar-refractivity contribution in [3.8, 4) is 17.2 Å². The van der Waals surface area contributed by atoms with E-state index in [1.807, 2.05) is 0 Å². The van der Waals surface area contributed by atoms with E-state index in [-0.39, 0.29) is 13.2 Å². The summed E-state index contributed by atoms with van der Waals surface area (Å²) < 4.78 is 15.6. The Labute approximate surface area is 156 Å². The first kappa shape index (κ1) is 18.5. The van der Waals surface area contributed by atoms with Crippen molar-refractivity contribution < 1.29 is 28.9 Å². The number of aliphatic hydroxyl groups is 1. The zero-order valence-corrected chi connectivity index (χ0v) is 14.7. The molecule has 1 aliphatic heterocycles. The number of benzene rings is 2. The molecule has 142 valence electrons. The van der Waals surface area contributed by atoms with E-state index in [2.05, 4.69) is 10.6 Å². The summed E-state index contributed by atoms with van der Waals surface area (Å²) in [5, 5.41) is 14.6. The average Bonchev–Trinajstić information content (AvgIpc) is 3.14. The van der Waals surface area contributed by atoms with Crippen LogP contribution in [0.1, 0.15) is 5.56 Å². The van der Waals surface area contributed by atoms with Gasteiger partial charge < -0.3 is 30.0 Å². The van der Waals surface area contributed by atoms with Gasteiger partial charge in [0.2, 0.25) is 18.6 Å². The van der Waals surface area contributed by atoms with Crippen LogP contribution in [0.2, 0.25) is 0 Å². The molecule has 0 saturated carbocycles. The third-order valence-electron chi connectivity index (χ3n) is 3.97. The standard InChI is InChI=1S/C19H20N2O6/c1-25-14-4-2-3-13(9-14)20-19(24)15(10-22)21-18(23)8-12-5-6-16-17(7-12)27-11-26-16/h2-7,9,15,22H,8,10-11H2,1H3,(H,20,24)(H,21,23)/t15-/m0/s1. The number of aliphatic hydroxyl groups excluding tert-OH is 1. The second kappa shape index (κ2) is 8.41. The Balaban J connectivity index is 1.58. The number of nitrogens with one attached hydrogen (secondary N) is 2. The molecular weight excluding hydrogens is 352 g/mol. The fourth-order valence-electron chi connectivity index (χ4n) is 2.61. The number of ether oxygens (including phenoxy) is 3. The van der Waals surface area contributed by atoms with Crippen LogP contribution in [0, 0.1) is 0 Å². The molecule has 0 aromatic heterocycles. The molecule has 0 radical (unpaired) electrons. The van der Waals surface area contributed by atoms with Gasteiger partial charge in [-0.05, 0) is 29.8 Å². The van der Waals surface area contributed by atoms with Gasteiger partial charge in [-0.3, -0.25) is 9.59 Å². The highest BCUT2D eigenvalue weighted by molar-refractivity contribution is 5.97. The second-order valence-electron chi connectivity index (χ2n) is 5.89. The summed E-state index contributed by atoms with van der Waals surface area (Å²) in [5.74, 6) is 0.874. The minimum absolute atomic E-state index is 0.0412. The SMILES string of the molecule is COc1cccc(NC(=O)[C@H](CO)NC(=O)Cc2ccc3c(c2)OCO3)c1. The molecule has 2 aromatic rings. The number of carbonyl (C=O) groups excluding carboxylic acids is 2. The molecule has 2 amide bonds. The number of rotatable bonds is 7. The van der Waals surface area contributed by atoms with Crippen LogP contribution >= 0.6 is 0 Å². The molecule has 0 spiro atoms. The summed E-state index contributed by atoms with van der Waals surface area (Å²) in [6, 6.07) is 10.9. The lowest BCUT2D eigenvalue weighted by Crippen LogP contribution is -2.46. The van der Waals surface area contributed by atoms with Crippen molar-refractivity contribution in [2.75, 3.05) is 25.8 Å². The first-order valence-corrected chi connectivity index (χ1v) is 8.32. The van der Waals surface area contributed by atoms with Crippen molar-refractivity contribution >= 4 is 17.5 Å². The Bertz CT molecular complexity index is 839. The van der Waals surface area contributed by atoms with E-state index in [0.717, 1.165) is 0 Å². The van der Waals surface area contributed by atoms with Crippen molar-refractivity contribution in [3.05, 3.63) is 48.0 Å². The molecule has 3 rings (SSSR count). The molecule has 1 heterocycles. The molecule has 0 bridgehead atoms. The molecular formula is C19H20N2O6. The lowest BCUT2D eigenvalue weighted by atomic mass is 10.1. The molecule has 27 heavy (non-hydrogen) atoms. The maximum atomic E-state index is 12.3. The van der Waals surface area contributed by atoms with Gasteiger partial charge in [0.25, 0.3) is 0 Å². The van der Waals surface area contributed by atoms with Gasteiger partial charge in [0.15, 0.2) is 11.5 Å². The van der Waals surface area contributed by atoms with Gasteiger partial charge in [-0.1, -0.05) is 12.1 Å². The summed E-state index contributed by atoms with van der Waals surface area (Å²) in [6.07, 6.45) is 0.0412. The molecule has 1 atom stereocenters. The van der Waals surface area contributed by atoms with Gasteiger partial charge in [-0.25, -0.2) is 0 Å². The van der Waals surface area contributed by atoms with Crippen molar-refractivity contribution in [1.29, 1.82) is 0 Å². The number of amides is 2. The number of hydrogen-bond donors (Lipinski definition) is 3. The Morgan fingerprint density at radius 2 is 2.00 bits per heavy atom. The zero-order valence-electron chi connectivity index (χ0n) is 14.7. The summed E-state index contributed by atoms with van der Waals surface area (Å²) in [6.45, 7) is -0.370. The normalized spacial score (nSPS) is 13.0. The van der Waals surface area contributed by atoms with Crippen LogP contribution < -0.4 is 24.8 Å². The largest absolute Gasteiger partial charge is 0.497 e. The van der Waals surface area contributed by atoms with Crippen molar-refractivity contribution in [2.45, 2.75) is 12.5 Å². The third kappa shape index (κ3) is 4.68. The monoisotopic (exact) mass is 372 g/mol. The average molecular weight is 372 g/mol. The molecule has 8 nitrogen and oxygen atoms in total. The summed E-state index contributed by atoms with van der Waals surface area (Å²) in [5.41, 5.74) is 1.21. The Morgan fingerprint density at radius 3 is 2.78 bits per heavy atom. The van der Waals surface area contributed by atoms with E-state index >= 15 is 0 Å². The first-order valence-electron chi connectivity index (χ1n) is 8.32. The van der Waals surface area contributed by atoms with Crippen LogP contribution in [0.5, 0.6) is 17.2 Å². The van der Waals surface area contributed by atoms with E-state index in [1.54, 1.807) is 42.5 Å². The predicted octanol–water partition coefficient (Wildman–Crippen LogP) is 1.08. The van der Waals surface area contributed by atoms with Crippen LogP contribution in [0.4, 0.5) is 5.69 Å². The van der Waals surface area contributed by atoms with Gasteiger partial charge >= 0.3 is 0 Å². The van der Waals surface area contributed by atoms with E-state index in [0.29, 0.717) is 28.5 Å². The van der Waals surface area contributed by atoms with Gasteiger partial charge in [0.1, 0.15) is 11.8 Å². The van der Waals surface area contributed by atoms with E-state index in [9.17, 15) is 14.7 Å². The van der Waals surface area contributed by atoms with Crippen molar-refractivity contribution in [3.63, 3.8) is 0 Å². The first-order chi connectivity index (χ1) is 13.1. The third-order valence-corrected chi connectivity index (χ3v) is 3.97. The van der Waals surface area contributed by atoms with Crippen molar-refractivity contribution in [2.24, 2.45) is 0 Å². The molecule has 0 aliphatic carbocycles. The summed E-state index contributed by atoms with van der Waals surface area (Å²) in [7, 11) is 1.52. The smallest absolute Gasteiger partial charge is 0.249 e. The van der Waals surface area contributed by atoms with Crippen LogP contribution in [-0.2, 0) is 16.0 Å². The maximum Gasteiger partial charge on any atom is 0.249 e. The number of fused-ring (bicyclic) bond motifs is 1. The fourth-order valence-corrected chi connectivity index (χ4v) is 2.61. The number of methoxy groups -OCH3 is 1. The molecule has 0 saturated heterocycles. The summed E-state index contributed by atoms with van der Waals surface area (Å²) in [4.78, 5) is 24.6. The maximum absolute atomic E-state index is 12.3. The molecule has 8 heteroatoms. The molecule has 3 N–H and O–H groups in total. The van der Waals surface area contributed by atoms with E-state index < -0.39 is 24.5 Å². The number of anilines is 1. The minimum Gasteiger partial charge on any atom is -0.497 e. The van der Waals surface area contributed by atoms with E-state index in [1.165, 1.54) is 7.11 Å². The summed E-state index contributed by atoms with van der Waals surface area (Å²) >= 11 is 0. The van der Waals surface area contributed by atoms with E-state index in [4.69, 9.17) is 14.2 Å². The second-order valence-corrected chi connectivity index (χ2v) is 5.89. The fraction of sp³-hybridized carbons (Fsp3) is 0.263. The highest BCUT2D eigenvalue weighted by Crippen LogP contribution is 2.32. The zero-order chi connectivity index (χ0) is 19.2. The quantitative estimate of drug-likeness (QED) is 0.672. The molecule has 2 aromatic carbocycles. The Kier molecular flexibility index (Phi) is 5.77. The van der Waals surface area contributed by atoms with Gasteiger partial charge in [0, 0.05) is 11.8 Å². The van der Waals surface area contributed by atoms with Crippen LogP contribution in [0.3, 0.4) is 0 Å². The van der Waals surface area contributed by atoms with Crippen LogP contribution in [0.25, 0.3) is 0 Å². The van der Waals surface area contributed by atoms with Gasteiger partial charge in [-0.15, -0.1) is 0 Å². The number of hydrogen-bond acceptors (Lipinski definition) is 6. The molecule has 0 unspecified atom stereocenters. The van der Waals surface area contributed by atoms with Gasteiger partial charge in [-0.2, -0.15) is 0 Å². The predicted molar refractivity (Wildman–Crippen MR) is 96.9 cm³/mol. The Hall–Kier alpha value is -3.26. The molecule has 1 aliphatic rings. The molecule has 0 fully saturated rings. The van der Waals surface area contributed by atoms with Crippen LogP contribution in [0.15, 0.2) is 42.5 Å². The minimum atomic E-state index is -1.07. The number of carbonyl (C=O) groups is 2. The van der Waals surface area contributed by atoms with Crippen molar-refractivity contribution in [1.82, 2.24) is 5.32 Å². The Morgan fingerprint density at radius 1 is 1.19 bits per heavy atom. The lowest BCUT2D eigenvalue weighted by Gasteiger charge is -2.16.